The van der Waals surface area contributed by atoms with E-state index in [1.54, 1.807) is 6.07 Å². The molecule has 1 aromatic rings. The number of nitrogens with zero attached hydrogens (tertiary/aromatic N) is 1. The van der Waals surface area contributed by atoms with Crippen molar-refractivity contribution >= 4 is 11.6 Å². The van der Waals surface area contributed by atoms with Gasteiger partial charge in [-0.2, -0.15) is 0 Å². The van der Waals surface area contributed by atoms with Gasteiger partial charge in [0.2, 0.25) is 0 Å². The molecule has 4 heteroatoms. The molecule has 0 saturated carbocycles. The van der Waals surface area contributed by atoms with Gasteiger partial charge in [-0.3, -0.25) is 4.90 Å². The molecular weight excluding hydrogens is 251 g/mol. The molecule has 1 aromatic carbocycles. The molecule has 1 fully saturated rings. The number of hydrogen-bond acceptors (Lipinski definition) is 2. The van der Waals surface area contributed by atoms with Crippen LogP contribution >= 0.6 is 11.6 Å². The molecular formula is C14H20ClFN2. The Morgan fingerprint density at radius 2 is 2.28 bits per heavy atom. The smallest absolute Gasteiger partial charge is 0.141 e. The molecule has 2 rings (SSSR count). The highest BCUT2D eigenvalue weighted by molar-refractivity contribution is 6.30. The van der Waals surface area contributed by atoms with E-state index in [0.717, 1.165) is 18.7 Å². The van der Waals surface area contributed by atoms with Crippen molar-refractivity contribution < 1.29 is 4.39 Å². The highest BCUT2D eigenvalue weighted by atomic mass is 35.5. The van der Waals surface area contributed by atoms with E-state index in [-0.39, 0.29) is 10.8 Å². The molecule has 2 unspecified atom stereocenters. The van der Waals surface area contributed by atoms with Crippen LogP contribution in [0.25, 0.3) is 0 Å². The first-order valence-corrected chi connectivity index (χ1v) is 6.81. The molecule has 0 aromatic heterocycles. The molecule has 0 aliphatic carbocycles. The molecule has 1 saturated heterocycles. The number of nitrogens with one attached hydrogen (secondary N) is 1. The quantitative estimate of drug-likeness (QED) is 0.908. The maximum atomic E-state index is 13.3. The second-order valence-electron chi connectivity index (χ2n) is 5.06. The van der Waals surface area contributed by atoms with Crippen LogP contribution in [0.5, 0.6) is 0 Å². The molecule has 1 aliphatic heterocycles. The lowest BCUT2D eigenvalue weighted by Gasteiger charge is -2.39. The number of hydrogen-bond donors (Lipinski definition) is 1. The van der Waals surface area contributed by atoms with Gasteiger partial charge in [-0.1, -0.05) is 17.7 Å². The van der Waals surface area contributed by atoms with Gasteiger partial charge >= 0.3 is 0 Å². The molecule has 1 aliphatic rings. The molecule has 18 heavy (non-hydrogen) atoms. The second-order valence-corrected chi connectivity index (χ2v) is 5.47. The van der Waals surface area contributed by atoms with E-state index >= 15 is 0 Å². The third-order valence-corrected chi connectivity index (χ3v) is 4.05. The first-order valence-electron chi connectivity index (χ1n) is 6.43. The average molecular weight is 271 g/mol. The third kappa shape index (κ3) is 2.85. The predicted octanol–water partition coefficient (Wildman–Crippen LogP) is 3.08. The number of rotatable bonds is 3. The summed E-state index contributed by atoms with van der Waals surface area (Å²) in [5.74, 6) is 0.208. The molecule has 0 radical (unpaired) electrons. The van der Waals surface area contributed by atoms with Gasteiger partial charge in [-0.15, -0.1) is 0 Å². The van der Waals surface area contributed by atoms with Crippen molar-refractivity contribution in [3.63, 3.8) is 0 Å². The van der Waals surface area contributed by atoms with Gasteiger partial charge in [-0.05, 0) is 63.6 Å². The van der Waals surface area contributed by atoms with E-state index in [2.05, 4.69) is 17.3 Å². The Morgan fingerprint density at radius 1 is 1.50 bits per heavy atom. The van der Waals surface area contributed by atoms with Crippen molar-refractivity contribution in [3.8, 4) is 0 Å². The summed E-state index contributed by atoms with van der Waals surface area (Å²) in [6.07, 6.45) is 2.42. The van der Waals surface area contributed by atoms with Crippen LogP contribution in [0.1, 0.15) is 24.4 Å². The van der Waals surface area contributed by atoms with E-state index in [1.807, 2.05) is 13.1 Å². The lowest BCUT2D eigenvalue weighted by Crippen LogP contribution is -2.39. The van der Waals surface area contributed by atoms with Gasteiger partial charge in [0.1, 0.15) is 5.82 Å². The van der Waals surface area contributed by atoms with Gasteiger partial charge in [0.15, 0.2) is 0 Å². The van der Waals surface area contributed by atoms with Crippen LogP contribution < -0.4 is 5.32 Å². The van der Waals surface area contributed by atoms with Crippen LogP contribution in [0, 0.1) is 11.7 Å². The monoisotopic (exact) mass is 270 g/mol. The topological polar surface area (TPSA) is 15.3 Å². The molecule has 2 atom stereocenters. The Bertz CT molecular complexity index is 409. The summed E-state index contributed by atoms with van der Waals surface area (Å²) in [6, 6.07) is 5.42. The minimum atomic E-state index is -0.343. The van der Waals surface area contributed by atoms with E-state index in [9.17, 15) is 4.39 Å². The Kier molecular flexibility index (Phi) is 4.60. The maximum absolute atomic E-state index is 13.3. The van der Waals surface area contributed by atoms with Crippen molar-refractivity contribution in [1.82, 2.24) is 10.2 Å². The van der Waals surface area contributed by atoms with Crippen LogP contribution in [-0.4, -0.2) is 32.1 Å². The molecule has 0 amide bonds. The summed E-state index contributed by atoms with van der Waals surface area (Å²) >= 11 is 5.90. The van der Waals surface area contributed by atoms with Crippen molar-refractivity contribution in [3.05, 3.63) is 34.6 Å². The first-order chi connectivity index (χ1) is 8.63. The van der Waals surface area contributed by atoms with Crippen LogP contribution in [0.2, 0.25) is 5.02 Å². The molecule has 2 nitrogen and oxygen atoms in total. The van der Waals surface area contributed by atoms with Crippen LogP contribution in [0.15, 0.2) is 18.2 Å². The lowest BCUT2D eigenvalue weighted by molar-refractivity contribution is 0.121. The Balaban J connectivity index is 2.28. The van der Waals surface area contributed by atoms with Gasteiger partial charge < -0.3 is 5.32 Å². The number of likely N-dealkylation sites (tertiary alicyclic amines) is 1. The lowest BCUT2D eigenvalue weighted by atomic mass is 9.85. The zero-order valence-electron chi connectivity index (χ0n) is 10.9. The summed E-state index contributed by atoms with van der Waals surface area (Å²) in [5, 5.41) is 3.47. The van der Waals surface area contributed by atoms with E-state index in [0.29, 0.717) is 12.0 Å². The Morgan fingerprint density at radius 3 is 2.94 bits per heavy atom. The summed E-state index contributed by atoms with van der Waals surface area (Å²) in [4.78, 5) is 2.34. The molecule has 1 heterocycles. The zero-order valence-corrected chi connectivity index (χ0v) is 11.7. The maximum Gasteiger partial charge on any atom is 0.141 e. The van der Waals surface area contributed by atoms with Crippen LogP contribution in [-0.2, 0) is 0 Å². The predicted molar refractivity (Wildman–Crippen MR) is 73.4 cm³/mol. The van der Waals surface area contributed by atoms with Crippen molar-refractivity contribution in [2.45, 2.75) is 18.9 Å². The fourth-order valence-corrected chi connectivity index (χ4v) is 3.15. The van der Waals surface area contributed by atoms with E-state index in [4.69, 9.17) is 11.6 Å². The number of benzene rings is 1. The van der Waals surface area contributed by atoms with Crippen molar-refractivity contribution in [2.75, 3.05) is 27.2 Å². The van der Waals surface area contributed by atoms with Gasteiger partial charge in [-0.25, -0.2) is 4.39 Å². The molecule has 0 bridgehead atoms. The van der Waals surface area contributed by atoms with Crippen molar-refractivity contribution in [2.24, 2.45) is 5.92 Å². The molecule has 1 N–H and O–H groups in total. The zero-order chi connectivity index (χ0) is 13.1. The van der Waals surface area contributed by atoms with Gasteiger partial charge in [0.25, 0.3) is 0 Å². The van der Waals surface area contributed by atoms with Gasteiger partial charge in [0.05, 0.1) is 5.02 Å². The van der Waals surface area contributed by atoms with E-state index < -0.39 is 0 Å². The third-order valence-electron chi connectivity index (χ3n) is 3.76. The highest BCUT2D eigenvalue weighted by Crippen LogP contribution is 2.35. The fraction of sp³-hybridized carbons (Fsp3) is 0.571. The normalized spacial score (nSPS) is 25.3. The standard InChI is InChI=1S/C14H20ClFN2/c1-17-9-11-4-3-7-18(2)14(11)10-5-6-13(16)12(15)8-10/h5-6,8,11,14,17H,3-4,7,9H2,1-2H3. The Hall–Kier alpha value is -0.640. The first kappa shape index (κ1) is 13.8. The fourth-order valence-electron chi connectivity index (χ4n) is 2.96. The summed E-state index contributed by atoms with van der Waals surface area (Å²) in [5.41, 5.74) is 1.11. The molecule has 100 valence electrons. The van der Waals surface area contributed by atoms with Crippen LogP contribution in [0.3, 0.4) is 0 Å². The van der Waals surface area contributed by atoms with E-state index in [1.165, 1.54) is 18.9 Å². The summed E-state index contributed by atoms with van der Waals surface area (Å²) < 4.78 is 13.3. The minimum Gasteiger partial charge on any atom is -0.319 e. The SMILES string of the molecule is CNCC1CCCN(C)C1c1ccc(F)c(Cl)c1. The number of halogens is 2. The van der Waals surface area contributed by atoms with Crippen LogP contribution in [0.4, 0.5) is 4.39 Å². The largest absolute Gasteiger partial charge is 0.319 e. The minimum absolute atomic E-state index is 0.217. The Labute approximate surface area is 113 Å². The summed E-state index contributed by atoms with van der Waals surface area (Å²) in [6.45, 7) is 2.06. The van der Waals surface area contributed by atoms with Crippen molar-refractivity contribution in [1.29, 1.82) is 0 Å². The summed E-state index contributed by atoms with van der Waals surface area (Å²) in [7, 11) is 4.10. The highest BCUT2D eigenvalue weighted by Gasteiger charge is 2.30. The molecule has 0 spiro atoms. The van der Waals surface area contributed by atoms with Gasteiger partial charge in [0, 0.05) is 6.04 Å². The average Bonchev–Trinajstić information content (AvgIpc) is 2.34. The second kappa shape index (κ2) is 6.00. The number of piperidine rings is 1.